The van der Waals surface area contributed by atoms with E-state index in [1.807, 2.05) is 66.1 Å². The summed E-state index contributed by atoms with van der Waals surface area (Å²) >= 11 is 1.40. The standard InChI is InChI=1S/C16H16N4OS/c1-12(15(21)17-11-13-7-3-2-4-8-13)22-16-19-18-14-9-5-6-10-20(14)16/h2-10,12H,11H2,1H3,(H,17,21)/t12-/m0/s1. The Morgan fingerprint density at radius 2 is 1.95 bits per heavy atom. The van der Waals surface area contributed by atoms with E-state index in [0.717, 1.165) is 16.4 Å². The summed E-state index contributed by atoms with van der Waals surface area (Å²) < 4.78 is 1.88. The van der Waals surface area contributed by atoms with Gasteiger partial charge in [0, 0.05) is 12.7 Å². The minimum absolute atomic E-state index is 0.0125. The highest BCUT2D eigenvalue weighted by Gasteiger charge is 2.17. The van der Waals surface area contributed by atoms with E-state index in [4.69, 9.17) is 0 Å². The van der Waals surface area contributed by atoms with Crippen LogP contribution < -0.4 is 5.32 Å². The highest BCUT2D eigenvalue weighted by Crippen LogP contribution is 2.22. The van der Waals surface area contributed by atoms with Crippen molar-refractivity contribution >= 4 is 23.3 Å². The fourth-order valence-electron chi connectivity index (χ4n) is 2.04. The van der Waals surface area contributed by atoms with Crippen LogP contribution in [0, 0.1) is 0 Å². The van der Waals surface area contributed by atoms with Crippen molar-refractivity contribution in [2.75, 3.05) is 0 Å². The largest absolute Gasteiger partial charge is 0.351 e. The van der Waals surface area contributed by atoms with Gasteiger partial charge in [0.15, 0.2) is 10.8 Å². The fourth-order valence-corrected chi connectivity index (χ4v) is 2.90. The highest BCUT2D eigenvalue weighted by atomic mass is 32.2. The van der Waals surface area contributed by atoms with Gasteiger partial charge in [-0.2, -0.15) is 0 Å². The number of carbonyl (C=O) groups is 1. The van der Waals surface area contributed by atoms with Crippen molar-refractivity contribution in [3.63, 3.8) is 0 Å². The van der Waals surface area contributed by atoms with E-state index >= 15 is 0 Å². The van der Waals surface area contributed by atoms with Gasteiger partial charge < -0.3 is 5.32 Å². The lowest BCUT2D eigenvalue weighted by molar-refractivity contribution is -0.120. The van der Waals surface area contributed by atoms with Crippen molar-refractivity contribution in [1.29, 1.82) is 0 Å². The molecule has 6 heteroatoms. The Morgan fingerprint density at radius 1 is 1.18 bits per heavy atom. The second kappa shape index (κ2) is 6.62. The third kappa shape index (κ3) is 3.28. The van der Waals surface area contributed by atoms with Gasteiger partial charge in [0.2, 0.25) is 5.91 Å². The maximum absolute atomic E-state index is 12.2. The first kappa shape index (κ1) is 14.6. The quantitative estimate of drug-likeness (QED) is 0.736. The summed E-state index contributed by atoms with van der Waals surface area (Å²) in [4.78, 5) is 12.2. The first-order valence-electron chi connectivity index (χ1n) is 7.02. The molecule has 0 radical (unpaired) electrons. The van der Waals surface area contributed by atoms with Crippen molar-refractivity contribution < 1.29 is 4.79 Å². The lowest BCUT2D eigenvalue weighted by Crippen LogP contribution is -2.30. The van der Waals surface area contributed by atoms with E-state index < -0.39 is 0 Å². The molecular formula is C16H16N4OS. The zero-order chi connectivity index (χ0) is 15.4. The van der Waals surface area contributed by atoms with Crippen molar-refractivity contribution in [2.45, 2.75) is 23.9 Å². The highest BCUT2D eigenvalue weighted by molar-refractivity contribution is 8.00. The molecule has 2 aromatic heterocycles. The van der Waals surface area contributed by atoms with Crippen LogP contribution in [0.4, 0.5) is 0 Å². The number of benzene rings is 1. The molecule has 0 aliphatic rings. The van der Waals surface area contributed by atoms with Gasteiger partial charge in [-0.05, 0) is 24.6 Å². The maximum atomic E-state index is 12.2. The summed E-state index contributed by atoms with van der Waals surface area (Å²) in [7, 11) is 0. The molecule has 0 fully saturated rings. The monoisotopic (exact) mass is 312 g/mol. The van der Waals surface area contributed by atoms with Gasteiger partial charge in [-0.3, -0.25) is 9.20 Å². The number of hydrogen-bond donors (Lipinski definition) is 1. The molecule has 0 aliphatic heterocycles. The number of thioether (sulfide) groups is 1. The van der Waals surface area contributed by atoms with Crippen molar-refractivity contribution in [1.82, 2.24) is 19.9 Å². The van der Waals surface area contributed by atoms with Crippen LogP contribution in [0.1, 0.15) is 12.5 Å². The van der Waals surface area contributed by atoms with Crippen molar-refractivity contribution in [2.24, 2.45) is 0 Å². The summed E-state index contributed by atoms with van der Waals surface area (Å²) in [6.07, 6.45) is 1.90. The van der Waals surface area contributed by atoms with Crippen molar-refractivity contribution in [3.05, 3.63) is 60.3 Å². The molecule has 1 atom stereocenters. The van der Waals surface area contributed by atoms with Crippen molar-refractivity contribution in [3.8, 4) is 0 Å². The molecular weight excluding hydrogens is 296 g/mol. The lowest BCUT2D eigenvalue weighted by atomic mass is 10.2. The Balaban J connectivity index is 1.61. The predicted molar refractivity (Wildman–Crippen MR) is 86.6 cm³/mol. The van der Waals surface area contributed by atoms with E-state index in [0.29, 0.717) is 6.54 Å². The fraction of sp³-hybridized carbons (Fsp3) is 0.188. The van der Waals surface area contributed by atoms with E-state index in [9.17, 15) is 4.79 Å². The number of carbonyl (C=O) groups excluding carboxylic acids is 1. The second-order valence-electron chi connectivity index (χ2n) is 4.87. The van der Waals surface area contributed by atoms with Crippen LogP contribution >= 0.6 is 11.8 Å². The van der Waals surface area contributed by atoms with Crippen LogP contribution in [0.5, 0.6) is 0 Å². The van der Waals surface area contributed by atoms with Crippen LogP contribution in [0.2, 0.25) is 0 Å². The van der Waals surface area contributed by atoms with Gasteiger partial charge in [-0.25, -0.2) is 0 Å². The summed E-state index contributed by atoms with van der Waals surface area (Å²) in [5.41, 5.74) is 1.86. The summed E-state index contributed by atoms with van der Waals surface area (Å²) in [5, 5.41) is 11.6. The number of rotatable bonds is 5. The molecule has 0 spiro atoms. The number of fused-ring (bicyclic) bond motifs is 1. The number of hydrogen-bond acceptors (Lipinski definition) is 4. The molecule has 1 N–H and O–H groups in total. The molecule has 0 bridgehead atoms. The van der Waals surface area contributed by atoms with Crippen LogP contribution in [0.15, 0.2) is 59.9 Å². The molecule has 3 rings (SSSR count). The van der Waals surface area contributed by atoms with Gasteiger partial charge in [0.05, 0.1) is 5.25 Å². The number of amides is 1. The number of pyridine rings is 1. The maximum Gasteiger partial charge on any atom is 0.233 e. The van der Waals surface area contributed by atoms with Crippen LogP contribution in [0.3, 0.4) is 0 Å². The van der Waals surface area contributed by atoms with Crippen LogP contribution in [-0.2, 0) is 11.3 Å². The smallest absolute Gasteiger partial charge is 0.233 e. The molecule has 1 aromatic carbocycles. The zero-order valence-electron chi connectivity index (χ0n) is 12.1. The summed E-state index contributed by atoms with van der Waals surface area (Å²) in [5.74, 6) is -0.0125. The Labute approximate surface area is 132 Å². The Morgan fingerprint density at radius 3 is 2.77 bits per heavy atom. The van der Waals surface area contributed by atoms with Gasteiger partial charge in [-0.15, -0.1) is 10.2 Å². The minimum Gasteiger partial charge on any atom is -0.351 e. The lowest BCUT2D eigenvalue weighted by Gasteiger charge is -2.11. The molecule has 22 heavy (non-hydrogen) atoms. The van der Waals surface area contributed by atoms with Gasteiger partial charge in [-0.1, -0.05) is 48.2 Å². The second-order valence-corrected chi connectivity index (χ2v) is 6.18. The first-order chi connectivity index (χ1) is 10.7. The minimum atomic E-state index is -0.240. The molecule has 0 saturated heterocycles. The SMILES string of the molecule is C[C@H](Sc1nnc2ccccn12)C(=O)NCc1ccccc1. The predicted octanol–water partition coefficient (Wildman–Crippen LogP) is 2.53. The van der Waals surface area contributed by atoms with Gasteiger partial charge in [0.1, 0.15) is 0 Å². The van der Waals surface area contributed by atoms with Crippen LogP contribution in [-0.4, -0.2) is 25.8 Å². The third-order valence-corrected chi connectivity index (χ3v) is 4.30. The first-order valence-corrected chi connectivity index (χ1v) is 7.90. The number of aromatic nitrogens is 3. The number of nitrogens with one attached hydrogen (secondary N) is 1. The molecule has 0 saturated carbocycles. The Kier molecular flexibility index (Phi) is 4.39. The molecule has 1 amide bonds. The van der Waals surface area contributed by atoms with Gasteiger partial charge in [0.25, 0.3) is 0 Å². The van der Waals surface area contributed by atoms with Gasteiger partial charge >= 0.3 is 0 Å². The summed E-state index contributed by atoms with van der Waals surface area (Å²) in [6.45, 7) is 2.40. The van der Waals surface area contributed by atoms with E-state index in [2.05, 4.69) is 15.5 Å². The van der Waals surface area contributed by atoms with E-state index in [-0.39, 0.29) is 11.2 Å². The Bertz CT molecular complexity index is 772. The average molecular weight is 312 g/mol. The number of nitrogens with zero attached hydrogens (tertiary/aromatic N) is 3. The third-order valence-electron chi connectivity index (χ3n) is 3.24. The van der Waals surface area contributed by atoms with Crippen LogP contribution in [0.25, 0.3) is 5.65 Å². The average Bonchev–Trinajstić information content (AvgIpc) is 2.97. The molecule has 3 aromatic rings. The topological polar surface area (TPSA) is 59.3 Å². The van der Waals surface area contributed by atoms with E-state index in [1.54, 1.807) is 0 Å². The zero-order valence-corrected chi connectivity index (χ0v) is 13.0. The summed E-state index contributed by atoms with van der Waals surface area (Å²) in [6, 6.07) is 15.6. The van der Waals surface area contributed by atoms with E-state index in [1.165, 1.54) is 11.8 Å². The molecule has 2 heterocycles. The molecule has 0 unspecified atom stereocenters. The normalized spacial score (nSPS) is 12.2. The molecule has 5 nitrogen and oxygen atoms in total. The Hall–Kier alpha value is -2.34. The molecule has 112 valence electrons. The molecule has 0 aliphatic carbocycles.